The highest BCUT2D eigenvalue weighted by Crippen LogP contribution is 2.29. The lowest BCUT2D eigenvalue weighted by Crippen LogP contribution is -2.37. The van der Waals surface area contributed by atoms with Gasteiger partial charge in [-0.1, -0.05) is 18.2 Å². The minimum Gasteiger partial charge on any atom is -0.444 e. The lowest BCUT2D eigenvalue weighted by Gasteiger charge is -2.32. The summed E-state index contributed by atoms with van der Waals surface area (Å²) in [7, 11) is 0. The molecule has 2 aliphatic rings. The molecule has 0 bridgehead atoms. The van der Waals surface area contributed by atoms with E-state index in [1.807, 2.05) is 51.1 Å². The fourth-order valence-corrected chi connectivity index (χ4v) is 5.42. The van der Waals surface area contributed by atoms with E-state index in [1.165, 1.54) is 0 Å². The van der Waals surface area contributed by atoms with Crippen molar-refractivity contribution in [3.05, 3.63) is 35.9 Å². The van der Waals surface area contributed by atoms with Crippen LogP contribution >= 0.6 is 0 Å². The summed E-state index contributed by atoms with van der Waals surface area (Å²) in [6, 6.07) is 9.84. The van der Waals surface area contributed by atoms with Crippen molar-refractivity contribution in [1.82, 2.24) is 15.6 Å². The predicted octanol–water partition coefficient (Wildman–Crippen LogP) is 4.47. The van der Waals surface area contributed by atoms with Crippen LogP contribution in [0.4, 0.5) is 10.6 Å². The molecule has 0 spiro atoms. The number of fused-ring (bicyclic) bond motifs is 1. The summed E-state index contributed by atoms with van der Waals surface area (Å²) < 4.78 is 5.33. The molecule has 1 saturated heterocycles. The topological polar surface area (TPSA) is 110 Å². The summed E-state index contributed by atoms with van der Waals surface area (Å²) in [5.74, 6) is 2.31. The molecule has 0 unspecified atom stereocenters. The number of piperidine rings is 1. The van der Waals surface area contributed by atoms with Crippen molar-refractivity contribution in [3.63, 3.8) is 0 Å². The second-order valence-electron chi connectivity index (χ2n) is 11.7. The molecule has 2 aromatic rings. The van der Waals surface area contributed by atoms with Gasteiger partial charge in [-0.25, -0.2) is 9.78 Å². The zero-order valence-corrected chi connectivity index (χ0v) is 22.6. The molecule has 8 heteroatoms. The number of benzene rings is 1. The van der Waals surface area contributed by atoms with E-state index in [2.05, 4.69) is 15.5 Å². The van der Waals surface area contributed by atoms with Crippen LogP contribution in [-0.4, -0.2) is 55.3 Å². The van der Waals surface area contributed by atoms with Crippen molar-refractivity contribution >= 4 is 28.7 Å². The summed E-state index contributed by atoms with van der Waals surface area (Å²) in [5.41, 5.74) is 6.92. The number of ether oxygens (including phenoxy) is 1. The first kappa shape index (κ1) is 27.2. The molecule has 0 atom stereocenters. The molecule has 4 rings (SSSR count). The van der Waals surface area contributed by atoms with Gasteiger partial charge >= 0.3 is 6.09 Å². The molecular weight excluding hydrogens is 466 g/mol. The molecule has 1 aliphatic carbocycles. The molecule has 4 N–H and O–H groups in total. The van der Waals surface area contributed by atoms with Gasteiger partial charge in [0, 0.05) is 31.6 Å². The number of para-hydroxylation sites is 1. The van der Waals surface area contributed by atoms with E-state index < -0.39 is 5.60 Å². The Labute approximate surface area is 220 Å². The molecule has 1 saturated carbocycles. The third-order valence-corrected chi connectivity index (χ3v) is 7.67. The number of hydrogen-bond acceptors (Lipinski definition) is 6. The Bertz CT molecular complexity index is 1070. The molecule has 8 nitrogen and oxygen atoms in total. The molecular formula is C29H43N5O3. The van der Waals surface area contributed by atoms with Crippen LogP contribution in [0.2, 0.25) is 0 Å². The third-order valence-electron chi connectivity index (χ3n) is 7.67. The fraction of sp³-hybridized carbons (Fsp3) is 0.621. The van der Waals surface area contributed by atoms with Crippen molar-refractivity contribution in [1.29, 1.82) is 0 Å². The van der Waals surface area contributed by atoms with Crippen molar-refractivity contribution < 1.29 is 14.3 Å². The number of nitrogens with one attached hydrogen (secondary N) is 2. The summed E-state index contributed by atoms with van der Waals surface area (Å²) >= 11 is 0. The Balaban J connectivity index is 1.31. The number of alkyl carbamates (subject to hydrolysis) is 1. The van der Waals surface area contributed by atoms with Gasteiger partial charge in [-0.05, 0) is 95.7 Å². The van der Waals surface area contributed by atoms with Gasteiger partial charge in [-0.2, -0.15) is 0 Å². The summed E-state index contributed by atoms with van der Waals surface area (Å²) in [4.78, 5) is 32.4. The molecule has 37 heavy (non-hydrogen) atoms. The van der Waals surface area contributed by atoms with Crippen molar-refractivity contribution in [2.45, 2.75) is 64.9 Å². The van der Waals surface area contributed by atoms with Gasteiger partial charge in [-0.15, -0.1) is 0 Å². The van der Waals surface area contributed by atoms with Gasteiger partial charge in [0.1, 0.15) is 11.4 Å². The van der Waals surface area contributed by atoms with Crippen LogP contribution in [0.25, 0.3) is 10.9 Å². The number of anilines is 1. The van der Waals surface area contributed by atoms with Gasteiger partial charge in [0.05, 0.1) is 11.1 Å². The first-order valence-corrected chi connectivity index (χ1v) is 13.8. The van der Waals surface area contributed by atoms with E-state index in [4.69, 9.17) is 15.5 Å². The number of carbonyl (C=O) groups excluding carboxylic acids is 2. The smallest absolute Gasteiger partial charge is 0.407 e. The maximum absolute atomic E-state index is 13.4. The van der Waals surface area contributed by atoms with Gasteiger partial charge in [0.2, 0.25) is 0 Å². The number of nitrogens with two attached hydrogens (primary N) is 1. The first-order valence-electron chi connectivity index (χ1n) is 13.8. The highest BCUT2D eigenvalue weighted by molar-refractivity contribution is 6.07. The summed E-state index contributed by atoms with van der Waals surface area (Å²) in [6.07, 6.45) is 5.92. The average molecular weight is 510 g/mol. The zero-order valence-electron chi connectivity index (χ0n) is 22.6. The summed E-state index contributed by atoms with van der Waals surface area (Å²) in [5, 5.41) is 7.00. The normalized spacial score (nSPS) is 21.0. The SMILES string of the molecule is CC(C)(C)OC(=O)NCC1CCC(CNC(=O)c2cc(N3CCC(CN)CC3)nc3ccccc23)CC1. The van der Waals surface area contributed by atoms with Gasteiger partial charge < -0.3 is 26.0 Å². The lowest BCUT2D eigenvalue weighted by atomic mass is 9.82. The van der Waals surface area contributed by atoms with E-state index in [0.717, 1.165) is 74.9 Å². The Morgan fingerprint density at radius 1 is 0.973 bits per heavy atom. The molecule has 1 aliphatic heterocycles. The number of nitrogens with zero attached hydrogens (tertiary/aromatic N) is 2. The van der Waals surface area contributed by atoms with Crippen molar-refractivity contribution in [3.8, 4) is 0 Å². The highest BCUT2D eigenvalue weighted by Gasteiger charge is 2.25. The quantitative estimate of drug-likeness (QED) is 0.508. The first-order chi connectivity index (χ1) is 17.7. The molecule has 2 amide bonds. The van der Waals surface area contributed by atoms with E-state index >= 15 is 0 Å². The highest BCUT2D eigenvalue weighted by atomic mass is 16.6. The molecule has 0 radical (unpaired) electrons. The number of aromatic nitrogens is 1. The average Bonchev–Trinajstić information content (AvgIpc) is 2.89. The van der Waals surface area contributed by atoms with E-state index in [1.54, 1.807) is 0 Å². The van der Waals surface area contributed by atoms with E-state index in [-0.39, 0.29) is 12.0 Å². The van der Waals surface area contributed by atoms with Crippen LogP contribution in [0.15, 0.2) is 30.3 Å². The van der Waals surface area contributed by atoms with Crippen molar-refractivity contribution in [2.24, 2.45) is 23.5 Å². The monoisotopic (exact) mass is 509 g/mol. The van der Waals surface area contributed by atoms with Crippen LogP contribution in [0.3, 0.4) is 0 Å². The largest absolute Gasteiger partial charge is 0.444 e. The molecule has 202 valence electrons. The zero-order chi connectivity index (χ0) is 26.4. The maximum Gasteiger partial charge on any atom is 0.407 e. The second kappa shape index (κ2) is 12.1. The molecule has 1 aromatic carbocycles. The Hall–Kier alpha value is -2.87. The van der Waals surface area contributed by atoms with Gasteiger partial charge in [-0.3, -0.25) is 4.79 Å². The second-order valence-corrected chi connectivity index (χ2v) is 11.7. The Morgan fingerprint density at radius 2 is 1.59 bits per heavy atom. The minimum atomic E-state index is -0.484. The number of carbonyl (C=O) groups is 2. The molecule has 1 aromatic heterocycles. The van der Waals surface area contributed by atoms with Crippen LogP contribution in [0.5, 0.6) is 0 Å². The van der Waals surface area contributed by atoms with E-state index in [9.17, 15) is 9.59 Å². The van der Waals surface area contributed by atoms with E-state index in [0.29, 0.717) is 36.4 Å². The Morgan fingerprint density at radius 3 is 2.22 bits per heavy atom. The van der Waals surface area contributed by atoms with Gasteiger partial charge in [0.25, 0.3) is 5.91 Å². The maximum atomic E-state index is 13.4. The number of amides is 2. The van der Waals surface area contributed by atoms with Crippen LogP contribution in [-0.2, 0) is 4.74 Å². The standard InChI is InChI=1S/C29H43N5O3/c1-29(2,3)37-28(36)32-19-22-10-8-21(9-11-22)18-31-27(35)24-16-26(33-25-7-5-4-6-23(24)25)34-14-12-20(17-30)13-15-34/h4-7,16,20-22H,8-15,17-19,30H2,1-3H3,(H,31,35)(H,32,36). The number of hydrogen-bond donors (Lipinski definition) is 3. The van der Waals surface area contributed by atoms with Crippen LogP contribution in [0, 0.1) is 17.8 Å². The fourth-order valence-electron chi connectivity index (χ4n) is 5.42. The predicted molar refractivity (Wildman–Crippen MR) is 148 cm³/mol. The van der Waals surface area contributed by atoms with Crippen molar-refractivity contribution in [2.75, 3.05) is 37.6 Å². The third kappa shape index (κ3) is 7.57. The van der Waals surface area contributed by atoms with Gasteiger partial charge in [0.15, 0.2) is 0 Å². The molecule has 2 heterocycles. The van der Waals surface area contributed by atoms with Crippen LogP contribution < -0.4 is 21.3 Å². The Kier molecular flexibility index (Phi) is 8.90. The molecule has 2 fully saturated rings. The lowest BCUT2D eigenvalue weighted by molar-refractivity contribution is 0.0512. The summed E-state index contributed by atoms with van der Waals surface area (Å²) in [6.45, 7) is 9.47. The van der Waals surface area contributed by atoms with Crippen LogP contribution in [0.1, 0.15) is 69.7 Å². The minimum absolute atomic E-state index is 0.0367. The number of pyridine rings is 1. The number of rotatable bonds is 7.